The van der Waals surface area contributed by atoms with E-state index in [9.17, 15) is 18.0 Å². The number of benzene rings is 2. The number of carbonyl (C=O) groups excluding carboxylic acids is 1. The number of nitrogens with one attached hydrogen (secondary N) is 1. The normalized spacial score (nSPS) is 11.5. The molecule has 8 heteroatoms. The standard InChI is InChI=1S/C26H27ClF3N3O/c1-17(2)20-9-7-19(8-10-20)16-33(25(34)22-14-24(27)32-15-23(22)31-3)12-11-18-5-4-6-21(13-18)26(28,29)30/h4-10,13-15,17,31H,11-12,16H2,1-3H3. The Morgan fingerprint density at radius 2 is 1.79 bits per heavy atom. The van der Waals surface area contributed by atoms with Crippen molar-refractivity contribution in [3.8, 4) is 0 Å². The summed E-state index contributed by atoms with van der Waals surface area (Å²) in [5.41, 5.74) is 2.78. The van der Waals surface area contributed by atoms with Gasteiger partial charge in [-0.2, -0.15) is 13.2 Å². The fourth-order valence-corrected chi connectivity index (χ4v) is 3.78. The second-order valence-corrected chi connectivity index (χ2v) is 8.76. The van der Waals surface area contributed by atoms with Crippen LogP contribution in [0.5, 0.6) is 0 Å². The minimum atomic E-state index is -4.42. The number of hydrogen-bond donors (Lipinski definition) is 1. The van der Waals surface area contributed by atoms with Crippen molar-refractivity contribution in [2.24, 2.45) is 0 Å². The number of hydrogen-bond acceptors (Lipinski definition) is 3. The van der Waals surface area contributed by atoms with Crippen molar-refractivity contribution in [2.45, 2.75) is 38.9 Å². The van der Waals surface area contributed by atoms with Gasteiger partial charge in [-0.25, -0.2) is 4.98 Å². The van der Waals surface area contributed by atoms with Crippen molar-refractivity contribution < 1.29 is 18.0 Å². The Bertz CT molecular complexity index is 1130. The highest BCUT2D eigenvalue weighted by atomic mass is 35.5. The molecular formula is C26H27ClF3N3O. The van der Waals surface area contributed by atoms with E-state index < -0.39 is 11.7 Å². The van der Waals surface area contributed by atoms with Crippen molar-refractivity contribution in [2.75, 3.05) is 18.9 Å². The Morgan fingerprint density at radius 3 is 2.41 bits per heavy atom. The number of aromatic nitrogens is 1. The zero-order valence-electron chi connectivity index (χ0n) is 19.3. The molecule has 0 unspecified atom stereocenters. The monoisotopic (exact) mass is 489 g/mol. The third-order valence-electron chi connectivity index (χ3n) is 5.60. The van der Waals surface area contributed by atoms with Gasteiger partial charge in [0, 0.05) is 20.1 Å². The van der Waals surface area contributed by atoms with Gasteiger partial charge >= 0.3 is 6.18 Å². The number of alkyl halides is 3. The lowest BCUT2D eigenvalue weighted by atomic mass is 10.0. The first kappa shape index (κ1) is 25.6. The molecule has 0 bridgehead atoms. The molecule has 34 heavy (non-hydrogen) atoms. The molecule has 180 valence electrons. The van der Waals surface area contributed by atoms with E-state index in [1.165, 1.54) is 23.9 Å². The van der Waals surface area contributed by atoms with Crippen LogP contribution in [0.3, 0.4) is 0 Å². The minimum Gasteiger partial charge on any atom is -0.386 e. The predicted molar refractivity (Wildman–Crippen MR) is 129 cm³/mol. The molecule has 0 spiro atoms. The van der Waals surface area contributed by atoms with Crippen LogP contribution in [0, 0.1) is 0 Å². The molecule has 1 N–H and O–H groups in total. The summed E-state index contributed by atoms with van der Waals surface area (Å²) in [4.78, 5) is 19.2. The lowest BCUT2D eigenvalue weighted by molar-refractivity contribution is -0.137. The average molecular weight is 490 g/mol. The van der Waals surface area contributed by atoms with Crippen LogP contribution >= 0.6 is 11.6 Å². The SMILES string of the molecule is CNc1cnc(Cl)cc1C(=O)N(CCc1cccc(C(F)(F)F)c1)Cc1ccc(C(C)C)cc1. The van der Waals surface area contributed by atoms with Gasteiger partial charge in [0.05, 0.1) is 23.0 Å². The largest absolute Gasteiger partial charge is 0.416 e. The van der Waals surface area contributed by atoms with Crippen molar-refractivity contribution >= 4 is 23.2 Å². The zero-order chi connectivity index (χ0) is 24.9. The molecule has 2 aromatic carbocycles. The summed E-state index contributed by atoms with van der Waals surface area (Å²) in [6.45, 7) is 4.74. The third kappa shape index (κ3) is 6.50. The molecule has 0 aliphatic heterocycles. The quantitative estimate of drug-likeness (QED) is 0.354. The van der Waals surface area contributed by atoms with Crippen LogP contribution in [0.1, 0.15) is 52.4 Å². The van der Waals surface area contributed by atoms with Crippen LogP contribution in [0.2, 0.25) is 5.15 Å². The highest BCUT2D eigenvalue weighted by molar-refractivity contribution is 6.29. The lowest BCUT2D eigenvalue weighted by Gasteiger charge is -2.24. The molecule has 0 fully saturated rings. The molecule has 0 aliphatic carbocycles. The van der Waals surface area contributed by atoms with E-state index in [1.807, 2.05) is 24.3 Å². The molecule has 0 saturated heterocycles. The maximum atomic E-state index is 13.5. The van der Waals surface area contributed by atoms with E-state index in [0.29, 0.717) is 29.3 Å². The van der Waals surface area contributed by atoms with Gasteiger partial charge in [0.1, 0.15) is 5.15 Å². The number of carbonyl (C=O) groups is 1. The first-order chi connectivity index (χ1) is 16.1. The van der Waals surface area contributed by atoms with E-state index in [4.69, 9.17) is 11.6 Å². The van der Waals surface area contributed by atoms with Crippen LogP contribution in [0.15, 0.2) is 60.8 Å². The number of nitrogens with zero attached hydrogens (tertiary/aromatic N) is 2. The van der Waals surface area contributed by atoms with Crippen LogP contribution in [-0.4, -0.2) is 29.4 Å². The summed E-state index contributed by atoms with van der Waals surface area (Å²) in [5.74, 6) is 0.0957. The zero-order valence-corrected chi connectivity index (χ0v) is 20.0. The molecule has 4 nitrogen and oxygen atoms in total. The predicted octanol–water partition coefficient (Wildman–Crippen LogP) is 6.80. The minimum absolute atomic E-state index is 0.182. The van der Waals surface area contributed by atoms with Crippen molar-refractivity contribution in [1.29, 1.82) is 0 Å². The van der Waals surface area contributed by atoms with Crippen LogP contribution in [-0.2, 0) is 19.1 Å². The van der Waals surface area contributed by atoms with Crippen molar-refractivity contribution in [3.63, 3.8) is 0 Å². The van der Waals surface area contributed by atoms with E-state index >= 15 is 0 Å². The first-order valence-electron chi connectivity index (χ1n) is 11.0. The molecule has 0 saturated carbocycles. The van der Waals surface area contributed by atoms with Gasteiger partial charge in [-0.1, -0.05) is 67.9 Å². The topological polar surface area (TPSA) is 45.2 Å². The van der Waals surface area contributed by atoms with Gasteiger partial charge in [-0.15, -0.1) is 0 Å². The molecule has 1 amide bonds. The molecule has 1 heterocycles. The number of pyridine rings is 1. The van der Waals surface area contributed by atoms with Gasteiger partial charge in [0.15, 0.2) is 0 Å². The third-order valence-corrected chi connectivity index (χ3v) is 5.81. The highest BCUT2D eigenvalue weighted by Gasteiger charge is 2.30. The maximum absolute atomic E-state index is 13.5. The summed E-state index contributed by atoms with van der Waals surface area (Å²) in [6, 6.07) is 14.7. The summed E-state index contributed by atoms with van der Waals surface area (Å²) < 4.78 is 39.4. The van der Waals surface area contributed by atoms with E-state index in [-0.39, 0.29) is 24.0 Å². The summed E-state index contributed by atoms with van der Waals surface area (Å²) in [5, 5.41) is 3.13. The Balaban J connectivity index is 1.89. The average Bonchev–Trinajstić information content (AvgIpc) is 2.81. The highest BCUT2D eigenvalue weighted by Crippen LogP contribution is 2.30. The molecule has 0 atom stereocenters. The Morgan fingerprint density at radius 1 is 1.09 bits per heavy atom. The molecule has 3 aromatic rings. The lowest BCUT2D eigenvalue weighted by Crippen LogP contribution is -2.33. The molecule has 0 radical (unpaired) electrons. The number of amides is 1. The van der Waals surface area contributed by atoms with Crippen molar-refractivity contribution in [3.05, 3.63) is 93.8 Å². The van der Waals surface area contributed by atoms with E-state index in [0.717, 1.165) is 17.7 Å². The van der Waals surface area contributed by atoms with Gasteiger partial charge in [0.25, 0.3) is 5.91 Å². The summed E-state index contributed by atoms with van der Waals surface area (Å²) in [7, 11) is 1.68. The van der Waals surface area contributed by atoms with Gasteiger partial charge in [-0.05, 0) is 41.2 Å². The van der Waals surface area contributed by atoms with E-state index in [2.05, 4.69) is 24.1 Å². The van der Waals surface area contributed by atoms with Crippen LogP contribution < -0.4 is 5.32 Å². The molecule has 1 aromatic heterocycles. The molecule has 0 aliphatic rings. The summed E-state index contributed by atoms with van der Waals surface area (Å²) in [6.07, 6.45) is -2.66. The van der Waals surface area contributed by atoms with Crippen LogP contribution in [0.4, 0.5) is 18.9 Å². The smallest absolute Gasteiger partial charge is 0.386 e. The number of rotatable bonds is 8. The van der Waals surface area contributed by atoms with Crippen molar-refractivity contribution in [1.82, 2.24) is 9.88 Å². The second-order valence-electron chi connectivity index (χ2n) is 8.37. The fraction of sp³-hybridized carbons (Fsp3) is 0.308. The number of anilines is 1. The number of halogens is 4. The Kier molecular flexibility index (Phi) is 8.20. The summed E-state index contributed by atoms with van der Waals surface area (Å²) >= 11 is 6.05. The van der Waals surface area contributed by atoms with Crippen LogP contribution in [0.25, 0.3) is 0 Å². The van der Waals surface area contributed by atoms with E-state index in [1.54, 1.807) is 18.0 Å². The Labute approximate surface area is 202 Å². The van der Waals surface area contributed by atoms with Gasteiger partial charge in [0.2, 0.25) is 0 Å². The molecule has 3 rings (SSSR count). The molecular weight excluding hydrogens is 463 g/mol. The van der Waals surface area contributed by atoms with Gasteiger partial charge < -0.3 is 10.2 Å². The Hall–Kier alpha value is -3.06. The maximum Gasteiger partial charge on any atom is 0.416 e. The first-order valence-corrected chi connectivity index (χ1v) is 11.3. The second kappa shape index (κ2) is 10.9. The fourth-order valence-electron chi connectivity index (χ4n) is 3.62. The van der Waals surface area contributed by atoms with Gasteiger partial charge in [-0.3, -0.25) is 4.79 Å².